The molecular formula is C15H15ClN2O3. The van der Waals surface area contributed by atoms with Gasteiger partial charge in [-0.1, -0.05) is 11.6 Å². The summed E-state index contributed by atoms with van der Waals surface area (Å²) in [5.74, 6) is 0.755. The van der Waals surface area contributed by atoms with Gasteiger partial charge in [-0.05, 0) is 36.4 Å². The number of halogens is 1. The number of nitrogens with two attached hydrogens (primary N) is 1. The van der Waals surface area contributed by atoms with Crippen LogP contribution in [-0.4, -0.2) is 20.1 Å². The molecule has 0 bridgehead atoms. The van der Waals surface area contributed by atoms with Crippen molar-refractivity contribution in [1.29, 1.82) is 0 Å². The number of nitrogen functional groups attached to an aromatic ring is 1. The van der Waals surface area contributed by atoms with E-state index in [9.17, 15) is 4.79 Å². The van der Waals surface area contributed by atoms with Gasteiger partial charge in [0.15, 0.2) is 0 Å². The molecular weight excluding hydrogens is 292 g/mol. The molecule has 0 saturated heterocycles. The van der Waals surface area contributed by atoms with Gasteiger partial charge in [-0.3, -0.25) is 4.79 Å². The predicted molar refractivity (Wildman–Crippen MR) is 83.4 cm³/mol. The second-order valence-corrected chi connectivity index (χ2v) is 4.66. The van der Waals surface area contributed by atoms with E-state index in [1.165, 1.54) is 14.2 Å². The molecule has 110 valence electrons. The Balaban J connectivity index is 2.23. The summed E-state index contributed by atoms with van der Waals surface area (Å²) in [6.07, 6.45) is 0. The molecule has 0 radical (unpaired) electrons. The zero-order valence-corrected chi connectivity index (χ0v) is 12.4. The molecule has 0 aliphatic carbocycles. The number of anilines is 2. The normalized spacial score (nSPS) is 10.0. The first kappa shape index (κ1) is 15.0. The lowest BCUT2D eigenvalue weighted by atomic mass is 10.1. The van der Waals surface area contributed by atoms with Crippen molar-refractivity contribution in [1.82, 2.24) is 0 Å². The van der Waals surface area contributed by atoms with Gasteiger partial charge in [0, 0.05) is 11.4 Å². The number of nitrogens with one attached hydrogen (secondary N) is 1. The van der Waals surface area contributed by atoms with Crippen molar-refractivity contribution in [3.8, 4) is 11.5 Å². The molecule has 0 aliphatic heterocycles. The van der Waals surface area contributed by atoms with Crippen molar-refractivity contribution < 1.29 is 14.3 Å². The summed E-state index contributed by atoms with van der Waals surface area (Å²) in [5.41, 5.74) is 7.06. The van der Waals surface area contributed by atoms with E-state index in [4.69, 9.17) is 26.8 Å². The smallest absolute Gasteiger partial charge is 0.257 e. The Hall–Kier alpha value is -2.40. The third kappa shape index (κ3) is 3.38. The van der Waals surface area contributed by atoms with Crippen molar-refractivity contribution in [3.63, 3.8) is 0 Å². The molecule has 0 heterocycles. The van der Waals surface area contributed by atoms with Gasteiger partial charge < -0.3 is 20.5 Å². The van der Waals surface area contributed by atoms with E-state index < -0.39 is 0 Å². The van der Waals surface area contributed by atoms with Gasteiger partial charge in [0.25, 0.3) is 5.91 Å². The maximum absolute atomic E-state index is 12.2. The zero-order valence-electron chi connectivity index (χ0n) is 11.6. The summed E-state index contributed by atoms with van der Waals surface area (Å²) in [4.78, 5) is 12.2. The van der Waals surface area contributed by atoms with Crippen LogP contribution in [0.1, 0.15) is 10.4 Å². The van der Waals surface area contributed by atoms with Gasteiger partial charge in [-0.15, -0.1) is 0 Å². The van der Waals surface area contributed by atoms with E-state index in [1.54, 1.807) is 36.4 Å². The average Bonchev–Trinajstić information content (AvgIpc) is 2.48. The van der Waals surface area contributed by atoms with Crippen molar-refractivity contribution >= 4 is 28.9 Å². The van der Waals surface area contributed by atoms with Crippen LogP contribution in [0.2, 0.25) is 5.02 Å². The van der Waals surface area contributed by atoms with Gasteiger partial charge in [-0.25, -0.2) is 0 Å². The van der Waals surface area contributed by atoms with Crippen molar-refractivity contribution in [2.24, 2.45) is 0 Å². The van der Waals surface area contributed by atoms with E-state index in [2.05, 4.69) is 5.32 Å². The highest BCUT2D eigenvalue weighted by Gasteiger charge is 2.12. The molecule has 6 heteroatoms. The fraction of sp³-hybridized carbons (Fsp3) is 0.133. The molecule has 0 fully saturated rings. The Bertz CT molecular complexity index is 674. The molecule has 1 amide bonds. The Morgan fingerprint density at radius 3 is 2.52 bits per heavy atom. The number of benzene rings is 2. The monoisotopic (exact) mass is 306 g/mol. The molecule has 0 atom stereocenters. The van der Waals surface area contributed by atoms with Crippen LogP contribution >= 0.6 is 11.6 Å². The van der Waals surface area contributed by atoms with Gasteiger partial charge in [0.1, 0.15) is 11.5 Å². The number of amides is 1. The van der Waals surface area contributed by atoms with E-state index in [0.717, 1.165) is 0 Å². The summed E-state index contributed by atoms with van der Waals surface area (Å²) in [7, 11) is 3.05. The highest BCUT2D eigenvalue weighted by molar-refractivity contribution is 6.32. The predicted octanol–water partition coefficient (Wildman–Crippen LogP) is 3.19. The Morgan fingerprint density at radius 1 is 1.14 bits per heavy atom. The van der Waals surface area contributed by atoms with Gasteiger partial charge in [0.2, 0.25) is 0 Å². The first-order valence-electron chi connectivity index (χ1n) is 6.13. The van der Waals surface area contributed by atoms with Gasteiger partial charge >= 0.3 is 0 Å². The highest BCUT2D eigenvalue weighted by Crippen LogP contribution is 2.28. The Kier molecular flexibility index (Phi) is 4.55. The number of methoxy groups -OCH3 is 2. The molecule has 0 unspecified atom stereocenters. The van der Waals surface area contributed by atoms with Gasteiger partial charge in [-0.2, -0.15) is 0 Å². The summed E-state index contributed by atoms with van der Waals surface area (Å²) in [6, 6.07) is 9.86. The van der Waals surface area contributed by atoms with Gasteiger partial charge in [0.05, 0.1) is 24.8 Å². The molecule has 2 aromatic carbocycles. The van der Waals surface area contributed by atoms with Crippen molar-refractivity contribution in [3.05, 3.63) is 47.0 Å². The number of hydrogen-bond donors (Lipinski definition) is 2. The SMILES string of the molecule is COc1ccc(N)c(C(=O)Nc2ccc(OC)c(Cl)c2)c1. The third-order valence-corrected chi connectivity index (χ3v) is 3.21. The number of carbonyl (C=O) groups is 1. The highest BCUT2D eigenvalue weighted by atomic mass is 35.5. The lowest BCUT2D eigenvalue weighted by Gasteiger charge is -2.10. The summed E-state index contributed by atoms with van der Waals surface area (Å²) in [5, 5.41) is 3.14. The lowest BCUT2D eigenvalue weighted by molar-refractivity contribution is 0.102. The van der Waals surface area contributed by atoms with E-state index in [-0.39, 0.29) is 5.91 Å². The van der Waals surface area contributed by atoms with Crippen LogP contribution in [-0.2, 0) is 0 Å². The van der Waals surface area contributed by atoms with Crippen molar-refractivity contribution in [2.75, 3.05) is 25.3 Å². The zero-order chi connectivity index (χ0) is 15.4. The topological polar surface area (TPSA) is 73.6 Å². The molecule has 0 aliphatic rings. The van der Waals surface area contributed by atoms with E-state index in [0.29, 0.717) is 33.5 Å². The molecule has 21 heavy (non-hydrogen) atoms. The van der Waals surface area contributed by atoms with E-state index in [1.807, 2.05) is 0 Å². The summed E-state index contributed by atoms with van der Waals surface area (Å²) in [6.45, 7) is 0. The Labute approximate surface area is 127 Å². The molecule has 2 rings (SSSR count). The second-order valence-electron chi connectivity index (χ2n) is 4.26. The molecule has 3 N–H and O–H groups in total. The molecule has 0 saturated carbocycles. The van der Waals surface area contributed by atoms with E-state index >= 15 is 0 Å². The Morgan fingerprint density at radius 2 is 1.90 bits per heavy atom. The van der Waals surface area contributed by atoms with Crippen LogP contribution in [0.3, 0.4) is 0 Å². The first-order valence-corrected chi connectivity index (χ1v) is 6.51. The number of ether oxygens (including phenoxy) is 2. The van der Waals surface area contributed by atoms with Crippen LogP contribution in [0.25, 0.3) is 0 Å². The van der Waals surface area contributed by atoms with Crippen LogP contribution in [0.15, 0.2) is 36.4 Å². The fourth-order valence-corrected chi connectivity index (χ4v) is 2.06. The minimum atomic E-state index is -0.340. The van der Waals surface area contributed by atoms with Crippen LogP contribution in [0.4, 0.5) is 11.4 Å². The van der Waals surface area contributed by atoms with Crippen LogP contribution in [0.5, 0.6) is 11.5 Å². The maximum Gasteiger partial charge on any atom is 0.257 e. The average molecular weight is 307 g/mol. The molecule has 2 aromatic rings. The van der Waals surface area contributed by atoms with Crippen LogP contribution in [0, 0.1) is 0 Å². The second kappa shape index (κ2) is 6.37. The third-order valence-electron chi connectivity index (χ3n) is 2.91. The number of carbonyl (C=O) groups excluding carboxylic acids is 1. The minimum Gasteiger partial charge on any atom is -0.497 e. The lowest BCUT2D eigenvalue weighted by Crippen LogP contribution is -2.14. The molecule has 5 nitrogen and oxygen atoms in total. The minimum absolute atomic E-state index is 0.335. The number of rotatable bonds is 4. The summed E-state index contributed by atoms with van der Waals surface area (Å²) < 4.78 is 10.1. The first-order chi connectivity index (χ1) is 10.0. The molecule has 0 aromatic heterocycles. The van der Waals surface area contributed by atoms with Crippen LogP contribution < -0.4 is 20.5 Å². The fourth-order valence-electron chi connectivity index (χ4n) is 1.80. The standard InChI is InChI=1S/C15H15ClN2O3/c1-20-10-4-5-13(17)11(8-10)15(19)18-9-3-6-14(21-2)12(16)7-9/h3-8H,17H2,1-2H3,(H,18,19). The molecule has 0 spiro atoms. The van der Waals surface area contributed by atoms with Crippen molar-refractivity contribution in [2.45, 2.75) is 0 Å². The largest absolute Gasteiger partial charge is 0.497 e. The quantitative estimate of drug-likeness (QED) is 0.851. The summed E-state index contributed by atoms with van der Waals surface area (Å²) >= 11 is 6.02. The number of hydrogen-bond acceptors (Lipinski definition) is 4. The maximum atomic E-state index is 12.2.